The van der Waals surface area contributed by atoms with Crippen LogP contribution < -0.4 is 4.74 Å². The second kappa shape index (κ2) is 8.73. The van der Waals surface area contributed by atoms with E-state index in [0.717, 1.165) is 34.5 Å². The van der Waals surface area contributed by atoms with E-state index < -0.39 is 11.9 Å². The Labute approximate surface area is 179 Å². The fraction of sp³-hybridized carbons (Fsp3) is 0.292. The number of carboxylic acids is 2. The first-order valence-corrected chi connectivity index (χ1v) is 10.2. The maximum atomic E-state index is 12.6. The normalized spacial score (nSPS) is 23.0. The summed E-state index contributed by atoms with van der Waals surface area (Å²) >= 11 is 0. The number of hydrogen-bond acceptors (Lipinski definition) is 5. The predicted octanol–water partition coefficient (Wildman–Crippen LogP) is 3.08. The molecule has 2 aromatic carbocycles. The number of fused-ring (bicyclic) bond motifs is 6. The standard InChI is InChI=1S/C20H19NO2.C4H4O4/c22-20-17-4-2-1-3-15(17)16-6-5-14(11-18(16)20)23-19-12-21-9-7-13(19)8-10-21;5-3(6)1-2-4(7)8/h1-6,11,13,19H,7-10,12H2;1-2H,(H,5,6)(H,7,8)/b;2-1+/t19-;/m1./s1. The maximum absolute atomic E-state index is 12.6. The molecule has 2 N–H and O–H groups in total. The number of aliphatic carboxylic acids is 2. The molecule has 0 saturated carbocycles. The van der Waals surface area contributed by atoms with Crippen LogP contribution in [0.25, 0.3) is 11.1 Å². The number of piperidine rings is 3. The zero-order valence-electron chi connectivity index (χ0n) is 16.9. The summed E-state index contributed by atoms with van der Waals surface area (Å²) in [6.45, 7) is 3.45. The molecule has 1 atom stereocenters. The van der Waals surface area contributed by atoms with E-state index >= 15 is 0 Å². The molecular weight excluding hydrogens is 398 g/mol. The highest BCUT2D eigenvalue weighted by Crippen LogP contribution is 2.39. The van der Waals surface area contributed by atoms with Crippen LogP contribution in [0, 0.1) is 5.92 Å². The monoisotopic (exact) mass is 421 g/mol. The Bertz CT molecular complexity index is 1040. The molecule has 3 fully saturated rings. The molecule has 3 saturated heterocycles. The van der Waals surface area contributed by atoms with Gasteiger partial charge in [0.05, 0.1) is 0 Å². The molecule has 6 rings (SSSR count). The molecule has 0 radical (unpaired) electrons. The first-order valence-electron chi connectivity index (χ1n) is 10.2. The molecule has 31 heavy (non-hydrogen) atoms. The van der Waals surface area contributed by atoms with E-state index in [1.54, 1.807) is 0 Å². The second-order valence-corrected chi connectivity index (χ2v) is 7.89. The smallest absolute Gasteiger partial charge is 0.328 e. The van der Waals surface area contributed by atoms with Gasteiger partial charge >= 0.3 is 11.9 Å². The van der Waals surface area contributed by atoms with E-state index in [4.69, 9.17) is 14.9 Å². The van der Waals surface area contributed by atoms with Gasteiger partial charge in [-0.3, -0.25) is 9.69 Å². The lowest BCUT2D eigenvalue weighted by atomic mass is 9.86. The summed E-state index contributed by atoms with van der Waals surface area (Å²) in [5.74, 6) is -0.889. The molecular formula is C24H23NO6. The van der Waals surface area contributed by atoms with Crippen molar-refractivity contribution in [3.8, 4) is 16.9 Å². The number of carbonyl (C=O) groups is 3. The summed E-state index contributed by atoms with van der Waals surface area (Å²) in [5.41, 5.74) is 3.67. The second-order valence-electron chi connectivity index (χ2n) is 7.89. The highest BCUT2D eigenvalue weighted by Gasteiger charge is 2.36. The number of ketones is 1. The molecule has 1 aliphatic carbocycles. The van der Waals surface area contributed by atoms with Gasteiger partial charge in [0.15, 0.2) is 5.78 Å². The van der Waals surface area contributed by atoms with E-state index in [1.165, 1.54) is 25.9 Å². The Kier molecular flexibility index (Phi) is 5.86. The van der Waals surface area contributed by atoms with Crippen molar-refractivity contribution in [3.63, 3.8) is 0 Å². The fourth-order valence-corrected chi connectivity index (χ4v) is 4.44. The van der Waals surface area contributed by atoms with Crippen molar-refractivity contribution < 1.29 is 29.3 Å². The van der Waals surface area contributed by atoms with Gasteiger partial charge in [0.25, 0.3) is 0 Å². The number of benzene rings is 2. The van der Waals surface area contributed by atoms with Gasteiger partial charge in [-0.15, -0.1) is 0 Å². The van der Waals surface area contributed by atoms with Crippen molar-refractivity contribution in [1.82, 2.24) is 4.90 Å². The van der Waals surface area contributed by atoms with Gasteiger partial charge in [-0.1, -0.05) is 24.3 Å². The molecule has 0 amide bonds. The van der Waals surface area contributed by atoms with Crippen molar-refractivity contribution in [1.29, 1.82) is 0 Å². The third kappa shape index (κ3) is 4.51. The van der Waals surface area contributed by atoms with Gasteiger partial charge in [0.1, 0.15) is 11.9 Å². The molecule has 4 aliphatic rings. The van der Waals surface area contributed by atoms with Crippen molar-refractivity contribution >= 4 is 17.7 Å². The predicted molar refractivity (Wildman–Crippen MR) is 113 cm³/mol. The summed E-state index contributed by atoms with van der Waals surface area (Å²) < 4.78 is 6.27. The summed E-state index contributed by atoms with van der Waals surface area (Å²) in [6.07, 6.45) is 3.86. The van der Waals surface area contributed by atoms with E-state index in [-0.39, 0.29) is 11.9 Å². The summed E-state index contributed by atoms with van der Waals surface area (Å²) in [7, 11) is 0. The molecule has 0 unspecified atom stereocenters. The van der Waals surface area contributed by atoms with Crippen LogP contribution in [-0.4, -0.2) is 58.6 Å². The number of ether oxygens (including phenoxy) is 1. The molecule has 7 heteroatoms. The van der Waals surface area contributed by atoms with Crippen LogP contribution in [0.1, 0.15) is 28.8 Å². The van der Waals surface area contributed by atoms with E-state index in [1.807, 2.05) is 42.5 Å². The summed E-state index contributed by atoms with van der Waals surface area (Å²) in [4.78, 5) is 34.2. The lowest BCUT2D eigenvalue weighted by Gasteiger charge is -2.44. The minimum atomic E-state index is -1.26. The van der Waals surface area contributed by atoms with Crippen LogP contribution in [0.3, 0.4) is 0 Å². The lowest BCUT2D eigenvalue weighted by Crippen LogP contribution is -2.52. The van der Waals surface area contributed by atoms with Crippen molar-refractivity contribution in [2.24, 2.45) is 5.92 Å². The average molecular weight is 421 g/mol. The maximum Gasteiger partial charge on any atom is 0.328 e. The molecule has 160 valence electrons. The van der Waals surface area contributed by atoms with E-state index in [9.17, 15) is 14.4 Å². The zero-order chi connectivity index (χ0) is 22.0. The number of rotatable bonds is 4. The highest BCUT2D eigenvalue weighted by molar-refractivity contribution is 6.21. The van der Waals surface area contributed by atoms with Gasteiger partial charge in [0, 0.05) is 29.8 Å². The third-order valence-electron chi connectivity index (χ3n) is 5.95. The van der Waals surface area contributed by atoms with Crippen LogP contribution in [0.2, 0.25) is 0 Å². The first kappa shape index (κ1) is 20.8. The summed E-state index contributed by atoms with van der Waals surface area (Å²) in [5, 5.41) is 15.6. The molecule has 2 aromatic rings. The number of carboxylic acid groups (broad SMARTS) is 2. The molecule has 2 bridgehead atoms. The van der Waals surface area contributed by atoms with Crippen LogP contribution >= 0.6 is 0 Å². The SMILES string of the molecule is O=C(O)/C=C/C(=O)O.O=C1c2ccccc2-c2ccc(O[C@@H]3CN4CCC3CC4)cc21. The molecule has 3 aliphatic heterocycles. The largest absolute Gasteiger partial charge is 0.489 e. The first-order chi connectivity index (χ1) is 14.9. The van der Waals surface area contributed by atoms with Gasteiger partial charge in [-0.05, 0) is 61.2 Å². The summed E-state index contributed by atoms with van der Waals surface area (Å²) in [6, 6.07) is 13.8. The van der Waals surface area contributed by atoms with Gasteiger partial charge in [0.2, 0.25) is 0 Å². The lowest BCUT2D eigenvalue weighted by molar-refractivity contribution is -0.134. The van der Waals surface area contributed by atoms with E-state index in [2.05, 4.69) is 4.90 Å². The third-order valence-corrected chi connectivity index (χ3v) is 5.95. The fourth-order valence-electron chi connectivity index (χ4n) is 4.44. The van der Waals surface area contributed by atoms with Gasteiger partial charge in [-0.2, -0.15) is 0 Å². The van der Waals surface area contributed by atoms with Gasteiger partial charge in [-0.25, -0.2) is 9.59 Å². The van der Waals surface area contributed by atoms with Crippen LogP contribution in [0.5, 0.6) is 5.75 Å². The Morgan fingerprint density at radius 1 is 0.903 bits per heavy atom. The minimum absolute atomic E-state index is 0.120. The Morgan fingerprint density at radius 2 is 1.52 bits per heavy atom. The Morgan fingerprint density at radius 3 is 2.10 bits per heavy atom. The van der Waals surface area contributed by atoms with Crippen LogP contribution in [0.4, 0.5) is 0 Å². The molecule has 7 nitrogen and oxygen atoms in total. The Balaban J connectivity index is 0.000000250. The highest BCUT2D eigenvalue weighted by atomic mass is 16.5. The molecule has 0 spiro atoms. The quantitative estimate of drug-likeness (QED) is 0.624. The van der Waals surface area contributed by atoms with Crippen LogP contribution in [0.15, 0.2) is 54.6 Å². The van der Waals surface area contributed by atoms with Crippen molar-refractivity contribution in [2.45, 2.75) is 18.9 Å². The van der Waals surface area contributed by atoms with Gasteiger partial charge < -0.3 is 14.9 Å². The van der Waals surface area contributed by atoms with Crippen molar-refractivity contribution in [2.75, 3.05) is 19.6 Å². The number of hydrogen-bond donors (Lipinski definition) is 2. The van der Waals surface area contributed by atoms with Crippen molar-refractivity contribution in [3.05, 3.63) is 65.7 Å². The molecule has 3 heterocycles. The molecule has 0 aromatic heterocycles. The topological polar surface area (TPSA) is 104 Å². The van der Waals surface area contributed by atoms with E-state index in [0.29, 0.717) is 18.1 Å². The zero-order valence-corrected chi connectivity index (χ0v) is 16.9. The van der Waals surface area contributed by atoms with Crippen LogP contribution in [-0.2, 0) is 9.59 Å². The number of carbonyl (C=O) groups excluding carboxylic acids is 1. The number of nitrogens with zero attached hydrogens (tertiary/aromatic N) is 1. The average Bonchev–Trinajstić information content (AvgIpc) is 3.06. The Hall–Kier alpha value is -3.45. The minimum Gasteiger partial charge on any atom is -0.489 e.